The first-order valence-corrected chi connectivity index (χ1v) is 54.8. The first-order chi connectivity index (χ1) is 64.4. The summed E-state index contributed by atoms with van der Waals surface area (Å²) in [6, 6.07) is 136. The Kier molecular flexibility index (Phi) is 28.7. The smallest absolute Gasteiger partial charge is 0.264 e. The van der Waals surface area contributed by atoms with Gasteiger partial charge in [-0.2, -0.15) is 0 Å². The van der Waals surface area contributed by atoms with Crippen LogP contribution in [0.4, 0.5) is 35.1 Å². The zero-order chi connectivity index (χ0) is 90.7. The molecule has 17 rings (SSSR count). The quantitative estimate of drug-likeness (QED) is 0.0220. The van der Waals surface area contributed by atoms with Gasteiger partial charge in [0.1, 0.15) is 0 Å². The SMILES string of the molecule is Fc1cc(C(c2ccc(C(c3cc(F)c(O[Si](Cc4ccccc4)(Cc4ccccc4)Cc4ccccc4)c(F)c3)c3cc(F)c(O[Si](Cc4ccccc4)(Cc4ccccc4)Cc4ccccc4)c(F)c3)cc2)c2cc(F)c(O[Si](Cc3ccccc3)(Cc3ccccc3)Cc3ccccc3)c(F)c2)cc(F)c1O[Si](Cc1ccccc1)(Cc1ccccc1)Cc1ccccc1. The third-order valence-corrected chi connectivity index (χ3v) is 39.9. The van der Waals surface area contributed by atoms with E-state index >= 15 is 35.1 Å². The molecule has 0 heterocycles. The van der Waals surface area contributed by atoms with E-state index in [-0.39, 0.29) is 33.4 Å². The van der Waals surface area contributed by atoms with Gasteiger partial charge in [-0.3, -0.25) is 0 Å². The lowest BCUT2D eigenvalue weighted by Gasteiger charge is -2.34. The zero-order valence-electron chi connectivity index (χ0n) is 72.9. The summed E-state index contributed by atoms with van der Waals surface area (Å²) in [7, 11) is -14.0. The van der Waals surface area contributed by atoms with Crippen LogP contribution in [0, 0.1) is 46.5 Å². The van der Waals surface area contributed by atoms with Gasteiger partial charge in [0.2, 0.25) is 0 Å². The minimum absolute atomic E-state index is 0.0752. The molecule has 4 nitrogen and oxygen atoms in total. The summed E-state index contributed by atoms with van der Waals surface area (Å²) in [5.74, 6) is -13.9. The Bertz CT molecular complexity index is 5340. The third kappa shape index (κ3) is 22.8. The average Bonchev–Trinajstić information content (AvgIpc) is 0.759. The van der Waals surface area contributed by atoms with Gasteiger partial charge in [-0.15, -0.1) is 0 Å². The molecule has 0 aromatic heterocycles. The van der Waals surface area contributed by atoms with E-state index in [4.69, 9.17) is 17.7 Å². The second-order valence-electron chi connectivity index (χ2n) is 34.9. The number of hydrogen-bond donors (Lipinski definition) is 0. The highest BCUT2D eigenvalue weighted by atomic mass is 28.4. The molecule has 0 amide bonds. The van der Waals surface area contributed by atoms with Crippen molar-refractivity contribution in [2.75, 3.05) is 0 Å². The molecule has 0 spiro atoms. The standard InChI is InChI=1S/C116H98F8O4Si4/c117-103-65-99(66-104(118)113(103)125-129(73-85-37-13-1-14-38-85,74-86-39-15-2-16-40-86)75-87-41-17-3-18-42-87)111(100-67-105(119)114(106(120)68-100)126-130(76-88-43-19-4-20-44-88,77-89-45-21-5-22-46-89)78-90-47-23-6-24-48-90)97-61-63-98(64-62-97)112(101-69-107(121)115(108(122)70-101)127-131(79-91-49-25-7-26-50-91,80-92-51-27-8-28-52-92)81-93-53-29-9-30-54-93)102-71-109(123)116(110(124)72-102)128-132(82-94-55-31-10-32-56-94,83-95-57-33-11-34-58-95)84-96-59-35-12-36-60-96/h1-72,111-112H,73-84H2. The van der Waals surface area contributed by atoms with Crippen molar-refractivity contribution in [1.29, 1.82) is 0 Å². The van der Waals surface area contributed by atoms with E-state index in [9.17, 15) is 0 Å². The van der Waals surface area contributed by atoms with Crippen molar-refractivity contribution in [2.45, 2.75) is 84.4 Å². The van der Waals surface area contributed by atoms with Crippen molar-refractivity contribution < 1.29 is 52.8 Å². The molecule has 0 fully saturated rings. The third-order valence-electron chi connectivity index (χ3n) is 24.7. The van der Waals surface area contributed by atoms with Crippen LogP contribution >= 0.6 is 0 Å². The van der Waals surface area contributed by atoms with E-state index in [1.54, 1.807) is 24.3 Å². The van der Waals surface area contributed by atoms with E-state index in [1.807, 2.05) is 364 Å². The van der Waals surface area contributed by atoms with E-state index in [0.29, 0.717) is 72.5 Å². The molecule has 0 aliphatic heterocycles. The maximum absolute atomic E-state index is 18.5. The van der Waals surface area contributed by atoms with Crippen LogP contribution in [0.3, 0.4) is 0 Å². The number of benzene rings is 17. The summed E-state index contributed by atoms with van der Waals surface area (Å²) in [5, 5.41) is 0. The average molecular weight is 1820 g/mol. The van der Waals surface area contributed by atoms with Gasteiger partial charge in [-0.05, 0) is 149 Å². The van der Waals surface area contributed by atoms with Gasteiger partial charge in [-0.25, -0.2) is 35.1 Å². The van der Waals surface area contributed by atoms with Gasteiger partial charge in [0.15, 0.2) is 69.5 Å². The molecule has 17 aromatic rings. The molecule has 0 saturated carbocycles. The van der Waals surface area contributed by atoms with E-state index in [0.717, 1.165) is 115 Å². The van der Waals surface area contributed by atoms with Crippen LogP contribution in [0.2, 0.25) is 0 Å². The minimum atomic E-state index is -3.51. The Balaban J connectivity index is 0.827. The molecule has 0 aliphatic rings. The molecule has 0 aliphatic carbocycles. The molecule has 16 heteroatoms. The van der Waals surface area contributed by atoms with Crippen LogP contribution < -0.4 is 17.7 Å². The fourth-order valence-corrected chi connectivity index (χ4v) is 35.7. The Hall–Kier alpha value is -13.8. The minimum Gasteiger partial charge on any atom is -0.539 e. The summed E-state index contributed by atoms with van der Waals surface area (Å²) < 4.78 is 176. The van der Waals surface area contributed by atoms with Crippen molar-refractivity contribution in [3.63, 3.8) is 0 Å². The highest BCUT2D eigenvalue weighted by Gasteiger charge is 2.45. The van der Waals surface area contributed by atoms with Crippen molar-refractivity contribution in [3.8, 4) is 23.0 Å². The molecule has 0 saturated heterocycles. The molecular weight excluding hydrogens is 1720 g/mol. The van der Waals surface area contributed by atoms with E-state index in [2.05, 4.69) is 0 Å². The lowest BCUT2D eigenvalue weighted by atomic mass is 9.81. The Morgan fingerprint density at radius 1 is 0.144 bits per heavy atom. The maximum atomic E-state index is 18.5. The van der Waals surface area contributed by atoms with E-state index in [1.165, 1.54) is 0 Å². The molecule has 0 unspecified atom stereocenters. The first kappa shape index (κ1) is 90.2. The van der Waals surface area contributed by atoms with Gasteiger partial charge in [-0.1, -0.05) is 388 Å². The molecule has 0 atom stereocenters. The molecule has 132 heavy (non-hydrogen) atoms. The fourth-order valence-electron chi connectivity index (χ4n) is 19.1. The maximum Gasteiger partial charge on any atom is 0.264 e. The first-order valence-electron chi connectivity index (χ1n) is 44.7. The van der Waals surface area contributed by atoms with Crippen molar-refractivity contribution in [1.82, 2.24) is 0 Å². The topological polar surface area (TPSA) is 36.9 Å². The lowest BCUT2D eigenvalue weighted by Crippen LogP contribution is -2.50. The van der Waals surface area contributed by atoms with Crippen LogP contribution in [0.1, 0.15) is 112 Å². The molecule has 0 bridgehead atoms. The van der Waals surface area contributed by atoms with Gasteiger partial charge < -0.3 is 17.7 Å². The van der Waals surface area contributed by atoms with Gasteiger partial charge >= 0.3 is 0 Å². The highest BCUT2D eigenvalue weighted by molar-refractivity contribution is 6.74. The summed E-state index contributed by atoms with van der Waals surface area (Å²) in [6.45, 7) is 0. The Morgan fingerprint density at radius 2 is 0.250 bits per heavy atom. The van der Waals surface area contributed by atoms with Crippen molar-refractivity contribution in [2.24, 2.45) is 0 Å². The van der Waals surface area contributed by atoms with Crippen LogP contribution in [0.15, 0.2) is 437 Å². The van der Waals surface area contributed by atoms with Crippen molar-refractivity contribution >= 4 is 33.3 Å². The van der Waals surface area contributed by atoms with Gasteiger partial charge in [0.25, 0.3) is 33.3 Å². The van der Waals surface area contributed by atoms with Crippen molar-refractivity contribution in [3.05, 3.63) is 583 Å². The summed E-state index contributed by atoms with van der Waals surface area (Å²) in [6.07, 6.45) is 0. The fraction of sp³-hybridized carbons (Fsp3) is 0.121. The monoisotopic (exact) mass is 1820 g/mol. The Morgan fingerprint density at radius 3 is 0.356 bits per heavy atom. The molecule has 17 aromatic carbocycles. The summed E-state index contributed by atoms with van der Waals surface area (Å²) >= 11 is 0. The van der Waals surface area contributed by atoms with Crippen LogP contribution in [0.25, 0.3) is 0 Å². The molecule has 658 valence electrons. The van der Waals surface area contributed by atoms with Gasteiger partial charge in [0, 0.05) is 84.4 Å². The second kappa shape index (κ2) is 42.0. The lowest BCUT2D eigenvalue weighted by molar-refractivity contribution is 0.433. The largest absolute Gasteiger partial charge is 0.539 e. The van der Waals surface area contributed by atoms with Crippen LogP contribution in [-0.4, -0.2) is 33.3 Å². The molecule has 0 N–H and O–H groups in total. The summed E-state index contributed by atoms with van der Waals surface area (Å²) in [4.78, 5) is 0. The molecular formula is C116H98F8O4Si4. The predicted molar refractivity (Wildman–Crippen MR) is 521 cm³/mol. The number of rotatable bonds is 38. The molecule has 0 radical (unpaired) electrons. The second-order valence-corrected chi connectivity index (χ2v) is 49.4. The summed E-state index contributed by atoms with van der Waals surface area (Å²) in [5.41, 5.74) is 11.1. The Labute approximate surface area is 771 Å². The van der Waals surface area contributed by atoms with E-state index < -0.39 is 115 Å². The van der Waals surface area contributed by atoms with Crippen LogP contribution in [0.5, 0.6) is 23.0 Å². The van der Waals surface area contributed by atoms with Crippen LogP contribution in [-0.2, 0) is 72.5 Å². The predicted octanol–water partition coefficient (Wildman–Crippen LogP) is 27.8. The highest BCUT2D eigenvalue weighted by Crippen LogP contribution is 2.45. The zero-order valence-corrected chi connectivity index (χ0v) is 76.9. The normalized spacial score (nSPS) is 11.8. The van der Waals surface area contributed by atoms with Gasteiger partial charge in [0.05, 0.1) is 0 Å². The number of halogens is 8. The number of hydrogen-bond acceptors (Lipinski definition) is 4.